The number of hydrogen-bond acceptors (Lipinski definition) is 5. The molecule has 0 aliphatic rings. The zero-order valence-electron chi connectivity index (χ0n) is 22.4. The van der Waals surface area contributed by atoms with Crippen LogP contribution in [-0.4, -0.2) is 39.6 Å². The molecule has 7 nitrogen and oxygen atoms in total. The van der Waals surface area contributed by atoms with Crippen molar-refractivity contribution in [2.75, 3.05) is 25.6 Å². The summed E-state index contributed by atoms with van der Waals surface area (Å²) >= 11 is 0. The van der Waals surface area contributed by atoms with Gasteiger partial charge in [-0.05, 0) is 64.9 Å². The Bertz CT molecular complexity index is 1320. The van der Waals surface area contributed by atoms with E-state index in [0.717, 1.165) is 41.1 Å². The van der Waals surface area contributed by atoms with Crippen LogP contribution in [-0.2, 0) is 21.4 Å². The molecule has 0 atom stereocenters. The van der Waals surface area contributed by atoms with Gasteiger partial charge in [0.25, 0.3) is 0 Å². The minimum Gasteiger partial charge on any atom is -0.383 e. The Morgan fingerprint density at radius 1 is 0.947 bits per heavy atom. The Morgan fingerprint density at radius 2 is 1.55 bits per heavy atom. The SMILES string of the molecule is COCCN(Cc1cccc(OS(=O)(=O)c2ccc(F)cc2)c1)C(=O)Nc1c(C(C)C)cccc1C(C)C. The third kappa shape index (κ3) is 7.55. The number of anilines is 1. The fourth-order valence-corrected chi connectivity index (χ4v) is 4.95. The lowest BCUT2D eigenvalue weighted by Gasteiger charge is -2.26. The van der Waals surface area contributed by atoms with Gasteiger partial charge in [-0.25, -0.2) is 9.18 Å². The number of ether oxygens (including phenoxy) is 1. The van der Waals surface area contributed by atoms with E-state index in [0.29, 0.717) is 18.7 Å². The normalized spacial score (nSPS) is 11.6. The van der Waals surface area contributed by atoms with Crippen LogP contribution in [0, 0.1) is 5.82 Å². The lowest BCUT2D eigenvalue weighted by atomic mass is 9.93. The number of nitrogens with zero attached hydrogens (tertiary/aromatic N) is 1. The number of carbonyl (C=O) groups excluding carboxylic acids is 1. The summed E-state index contributed by atoms with van der Waals surface area (Å²) in [6.45, 7) is 9.19. The second-order valence-corrected chi connectivity index (χ2v) is 11.2. The highest BCUT2D eigenvalue weighted by molar-refractivity contribution is 7.87. The second-order valence-electron chi connectivity index (χ2n) is 9.60. The van der Waals surface area contributed by atoms with Crippen molar-refractivity contribution in [3.8, 4) is 5.75 Å². The summed E-state index contributed by atoms with van der Waals surface area (Å²) in [5.74, 6) is -0.0234. The molecule has 0 spiro atoms. The standard InChI is InChI=1S/C29H35FN2O5S/c1-20(2)26-10-7-11-27(21(3)4)28(26)31-29(33)32(16-17-36-5)19-22-8-6-9-24(18-22)37-38(34,35)25-14-12-23(30)13-15-25/h6-15,18,20-21H,16-17,19H2,1-5H3,(H,31,33). The number of halogens is 1. The van der Waals surface area contributed by atoms with Gasteiger partial charge in [-0.1, -0.05) is 58.0 Å². The van der Waals surface area contributed by atoms with Gasteiger partial charge in [0.05, 0.1) is 6.61 Å². The number of amides is 2. The molecule has 3 aromatic rings. The van der Waals surface area contributed by atoms with E-state index in [-0.39, 0.29) is 35.1 Å². The van der Waals surface area contributed by atoms with Crippen LogP contribution in [0.25, 0.3) is 0 Å². The van der Waals surface area contributed by atoms with Crippen molar-refractivity contribution >= 4 is 21.8 Å². The number of benzene rings is 3. The van der Waals surface area contributed by atoms with Crippen molar-refractivity contribution in [2.45, 2.75) is 51.0 Å². The smallest absolute Gasteiger partial charge is 0.339 e. The Labute approximate surface area is 224 Å². The van der Waals surface area contributed by atoms with Crippen LogP contribution in [0.15, 0.2) is 71.6 Å². The van der Waals surface area contributed by atoms with Crippen LogP contribution < -0.4 is 9.50 Å². The molecular formula is C29H35FN2O5S. The molecule has 0 radical (unpaired) electrons. The Kier molecular flexibility index (Phi) is 9.88. The highest BCUT2D eigenvalue weighted by atomic mass is 32.2. The van der Waals surface area contributed by atoms with Crippen LogP contribution >= 0.6 is 0 Å². The zero-order valence-corrected chi connectivity index (χ0v) is 23.2. The molecule has 9 heteroatoms. The summed E-state index contributed by atoms with van der Waals surface area (Å²) in [5.41, 5.74) is 3.59. The maximum absolute atomic E-state index is 13.5. The molecule has 1 N–H and O–H groups in total. The molecule has 3 rings (SSSR count). The first-order chi connectivity index (χ1) is 18.0. The van der Waals surface area contributed by atoms with Gasteiger partial charge in [0.2, 0.25) is 0 Å². The predicted octanol–water partition coefficient (Wildman–Crippen LogP) is 6.52. The highest BCUT2D eigenvalue weighted by Crippen LogP contribution is 2.32. The third-order valence-corrected chi connectivity index (χ3v) is 7.30. The average molecular weight is 543 g/mol. The van der Waals surface area contributed by atoms with Crippen molar-refractivity contribution in [1.29, 1.82) is 0 Å². The van der Waals surface area contributed by atoms with E-state index in [1.54, 1.807) is 30.2 Å². The Balaban J connectivity index is 1.84. The van der Waals surface area contributed by atoms with Gasteiger partial charge >= 0.3 is 16.1 Å². The number of carbonyl (C=O) groups is 1. The molecular weight excluding hydrogens is 507 g/mol. The van der Waals surface area contributed by atoms with Gasteiger partial charge in [-0.2, -0.15) is 8.42 Å². The number of methoxy groups -OCH3 is 1. The molecule has 0 fully saturated rings. The molecule has 0 aromatic heterocycles. The summed E-state index contributed by atoms with van der Waals surface area (Å²) in [5, 5.41) is 3.12. The molecule has 0 heterocycles. The van der Waals surface area contributed by atoms with Gasteiger partial charge < -0.3 is 19.1 Å². The molecule has 0 aliphatic heterocycles. The maximum Gasteiger partial charge on any atom is 0.339 e. The van der Waals surface area contributed by atoms with E-state index < -0.39 is 15.9 Å². The van der Waals surface area contributed by atoms with Crippen LogP contribution in [0.4, 0.5) is 14.9 Å². The first-order valence-corrected chi connectivity index (χ1v) is 13.9. The quantitative estimate of drug-likeness (QED) is 0.279. The molecule has 38 heavy (non-hydrogen) atoms. The van der Waals surface area contributed by atoms with Crippen LogP contribution in [0.5, 0.6) is 5.75 Å². The van der Waals surface area contributed by atoms with E-state index >= 15 is 0 Å². The van der Waals surface area contributed by atoms with Gasteiger partial charge in [-0.15, -0.1) is 0 Å². The summed E-state index contributed by atoms with van der Waals surface area (Å²) in [7, 11) is -2.59. The predicted molar refractivity (Wildman–Crippen MR) is 147 cm³/mol. The van der Waals surface area contributed by atoms with Crippen LogP contribution in [0.1, 0.15) is 56.2 Å². The Hall–Kier alpha value is -3.43. The minimum atomic E-state index is -4.15. The lowest BCUT2D eigenvalue weighted by molar-refractivity contribution is 0.153. The average Bonchev–Trinajstić information content (AvgIpc) is 2.86. The highest BCUT2D eigenvalue weighted by Gasteiger charge is 2.21. The molecule has 0 bridgehead atoms. The first-order valence-electron chi connectivity index (χ1n) is 12.5. The van der Waals surface area contributed by atoms with E-state index in [4.69, 9.17) is 8.92 Å². The largest absolute Gasteiger partial charge is 0.383 e. The van der Waals surface area contributed by atoms with Crippen molar-refractivity contribution in [2.24, 2.45) is 0 Å². The molecule has 0 saturated heterocycles. The topological polar surface area (TPSA) is 84.9 Å². The number of nitrogens with one attached hydrogen (secondary N) is 1. The lowest BCUT2D eigenvalue weighted by Crippen LogP contribution is -2.37. The number of para-hydroxylation sites is 1. The van der Waals surface area contributed by atoms with Crippen molar-refractivity contribution in [1.82, 2.24) is 4.90 Å². The fourth-order valence-electron chi connectivity index (χ4n) is 4.03. The molecule has 0 aliphatic carbocycles. The van der Waals surface area contributed by atoms with Gasteiger partial charge in [-0.3, -0.25) is 0 Å². The molecule has 0 unspecified atom stereocenters. The minimum absolute atomic E-state index is 0.0890. The molecule has 3 aromatic carbocycles. The van der Waals surface area contributed by atoms with Crippen LogP contribution in [0.2, 0.25) is 0 Å². The summed E-state index contributed by atoms with van der Waals surface area (Å²) in [4.78, 5) is 15.0. The van der Waals surface area contributed by atoms with E-state index in [1.165, 1.54) is 6.07 Å². The zero-order chi connectivity index (χ0) is 27.9. The van der Waals surface area contributed by atoms with Crippen molar-refractivity contribution in [3.63, 3.8) is 0 Å². The van der Waals surface area contributed by atoms with Gasteiger partial charge in [0, 0.05) is 25.9 Å². The molecule has 0 saturated carbocycles. The fraction of sp³-hybridized carbons (Fsp3) is 0.345. The van der Waals surface area contributed by atoms with Crippen LogP contribution in [0.3, 0.4) is 0 Å². The first kappa shape index (κ1) is 29.1. The second kappa shape index (κ2) is 12.9. The summed E-state index contributed by atoms with van der Waals surface area (Å²) in [6, 6.07) is 16.7. The van der Waals surface area contributed by atoms with E-state index in [9.17, 15) is 17.6 Å². The maximum atomic E-state index is 13.5. The number of urea groups is 1. The number of rotatable bonds is 11. The molecule has 2 amide bonds. The van der Waals surface area contributed by atoms with E-state index in [1.807, 2.05) is 18.2 Å². The van der Waals surface area contributed by atoms with Crippen molar-refractivity contribution < 1.29 is 26.5 Å². The monoisotopic (exact) mass is 542 g/mol. The van der Waals surface area contributed by atoms with Gasteiger partial charge in [0.1, 0.15) is 16.5 Å². The third-order valence-electron chi connectivity index (χ3n) is 6.04. The summed E-state index contributed by atoms with van der Waals surface area (Å²) < 4.78 is 49.0. The summed E-state index contributed by atoms with van der Waals surface area (Å²) in [6.07, 6.45) is 0. The Morgan fingerprint density at radius 3 is 2.13 bits per heavy atom. The number of hydrogen-bond donors (Lipinski definition) is 1. The molecule has 204 valence electrons. The van der Waals surface area contributed by atoms with Gasteiger partial charge in [0.15, 0.2) is 0 Å². The van der Waals surface area contributed by atoms with E-state index in [2.05, 4.69) is 33.0 Å². The van der Waals surface area contributed by atoms with Crippen molar-refractivity contribution in [3.05, 3.63) is 89.2 Å².